The number of carboxylic acid groups (broad SMARTS) is 3. The van der Waals surface area contributed by atoms with E-state index in [0.29, 0.717) is 19.3 Å². The first-order chi connectivity index (χ1) is 16.8. The van der Waals surface area contributed by atoms with Gasteiger partial charge < -0.3 is 19.8 Å². The fourth-order valence-electron chi connectivity index (χ4n) is 4.72. The van der Waals surface area contributed by atoms with Gasteiger partial charge in [-0.1, -0.05) is 44.8 Å². The van der Waals surface area contributed by atoms with E-state index in [4.69, 9.17) is 15.3 Å². The first-order valence-corrected chi connectivity index (χ1v) is 14.0. The van der Waals surface area contributed by atoms with E-state index in [1.54, 1.807) is 0 Å². The van der Waals surface area contributed by atoms with E-state index >= 15 is 0 Å². The van der Waals surface area contributed by atoms with Crippen molar-refractivity contribution in [2.75, 3.05) is 26.2 Å². The Balaban J connectivity index is 4.70. The molecule has 7 heteroatoms. The third-order valence-electron chi connectivity index (χ3n) is 6.72. The Morgan fingerprint density at radius 3 is 1.23 bits per heavy atom. The lowest BCUT2D eigenvalue weighted by atomic mass is 10.1. The summed E-state index contributed by atoms with van der Waals surface area (Å²) in [5, 5.41) is 27.0. The number of carbonyl (C=O) groups is 3. The van der Waals surface area contributed by atoms with Crippen LogP contribution < -0.4 is 0 Å². The molecule has 0 aromatic carbocycles. The Bertz CT molecular complexity index is 535. The first-order valence-electron chi connectivity index (χ1n) is 14.0. The maximum absolute atomic E-state index is 10.9. The molecule has 0 heterocycles. The molecule has 0 radical (unpaired) electrons. The van der Waals surface area contributed by atoms with E-state index in [9.17, 15) is 14.4 Å². The molecule has 0 amide bonds. The molecule has 0 aliphatic heterocycles. The van der Waals surface area contributed by atoms with Gasteiger partial charge in [0.2, 0.25) is 0 Å². The van der Waals surface area contributed by atoms with Crippen LogP contribution >= 0.6 is 0 Å². The first kappa shape index (κ1) is 33.1. The Morgan fingerprint density at radius 2 is 0.857 bits per heavy atom. The quantitative estimate of drug-likeness (QED) is 0.0699. The molecule has 0 aliphatic rings. The maximum Gasteiger partial charge on any atom is 0.303 e. The van der Waals surface area contributed by atoms with Gasteiger partial charge in [-0.05, 0) is 70.6 Å². The van der Waals surface area contributed by atoms with Gasteiger partial charge in [-0.2, -0.15) is 0 Å². The topological polar surface area (TPSA) is 112 Å². The van der Waals surface area contributed by atoms with E-state index in [-0.39, 0.29) is 19.3 Å². The molecule has 0 aromatic rings. The summed E-state index contributed by atoms with van der Waals surface area (Å²) < 4.78 is 0.864. The number of carboxylic acids is 3. The second-order valence-corrected chi connectivity index (χ2v) is 9.93. The average Bonchev–Trinajstić information content (AvgIpc) is 2.80. The van der Waals surface area contributed by atoms with Crippen molar-refractivity contribution in [2.45, 2.75) is 122 Å². The van der Waals surface area contributed by atoms with Crippen LogP contribution in [-0.2, 0) is 14.4 Å². The van der Waals surface area contributed by atoms with Crippen LogP contribution in [0, 0.1) is 0 Å². The van der Waals surface area contributed by atoms with Crippen molar-refractivity contribution < 1.29 is 34.2 Å². The smallest absolute Gasteiger partial charge is 0.303 e. The summed E-state index contributed by atoms with van der Waals surface area (Å²) in [7, 11) is 0. The highest BCUT2D eigenvalue weighted by Gasteiger charge is 2.26. The average molecular weight is 499 g/mol. The highest BCUT2D eigenvalue weighted by molar-refractivity contribution is 5.67. The lowest BCUT2D eigenvalue weighted by Gasteiger charge is -2.39. The van der Waals surface area contributed by atoms with Gasteiger partial charge in [0.1, 0.15) is 0 Å². The van der Waals surface area contributed by atoms with Crippen LogP contribution in [0.5, 0.6) is 0 Å². The number of unbranched alkanes of at least 4 members (excludes halogenated alkanes) is 10. The van der Waals surface area contributed by atoms with Gasteiger partial charge in [-0.25, -0.2) is 0 Å². The van der Waals surface area contributed by atoms with Crippen LogP contribution in [-0.4, -0.2) is 63.9 Å². The van der Waals surface area contributed by atoms with Crippen molar-refractivity contribution in [1.82, 2.24) is 0 Å². The summed E-state index contributed by atoms with van der Waals surface area (Å²) in [5.74, 6) is -2.31. The number of hydrogen-bond donors (Lipinski definition) is 3. The predicted octanol–water partition coefficient (Wildman–Crippen LogP) is 6.65. The second kappa shape index (κ2) is 22.6. The Kier molecular flexibility index (Phi) is 21.3. The molecule has 3 N–H and O–H groups in total. The minimum atomic E-state index is -0.771. The van der Waals surface area contributed by atoms with Crippen LogP contribution in [0.2, 0.25) is 0 Å². The Hall–Kier alpha value is -1.89. The number of rotatable bonds is 26. The zero-order valence-corrected chi connectivity index (χ0v) is 22.2. The van der Waals surface area contributed by atoms with Crippen molar-refractivity contribution in [2.24, 2.45) is 0 Å². The zero-order valence-electron chi connectivity index (χ0n) is 22.2. The molecule has 0 atom stereocenters. The van der Waals surface area contributed by atoms with E-state index in [2.05, 4.69) is 19.1 Å². The summed E-state index contributed by atoms with van der Waals surface area (Å²) >= 11 is 0. The van der Waals surface area contributed by atoms with Crippen LogP contribution in [0.15, 0.2) is 12.2 Å². The van der Waals surface area contributed by atoms with Crippen molar-refractivity contribution in [1.29, 1.82) is 0 Å². The molecule has 0 fully saturated rings. The highest BCUT2D eigenvalue weighted by Crippen LogP contribution is 2.19. The van der Waals surface area contributed by atoms with Crippen LogP contribution in [0.4, 0.5) is 0 Å². The zero-order chi connectivity index (χ0) is 26.2. The highest BCUT2D eigenvalue weighted by atomic mass is 16.4. The van der Waals surface area contributed by atoms with Gasteiger partial charge >= 0.3 is 17.9 Å². The van der Waals surface area contributed by atoms with Gasteiger partial charge in [-0.15, -0.1) is 0 Å². The fraction of sp³-hybridized carbons (Fsp3) is 0.821. The molecule has 0 saturated carbocycles. The van der Waals surface area contributed by atoms with Gasteiger partial charge in [0.15, 0.2) is 0 Å². The number of hydrogen-bond acceptors (Lipinski definition) is 3. The third kappa shape index (κ3) is 22.3. The molecule has 0 saturated heterocycles. The van der Waals surface area contributed by atoms with Crippen molar-refractivity contribution in [3.05, 3.63) is 12.2 Å². The standard InChI is InChI=1S/C28H51NO6/c1-2-3-4-5-6-7-8-9-10-11-15-22-29(23-16-12-19-26(30)31,24-17-13-20-27(32)33)25-18-14-21-28(34)35/h3-4H,2,5-25H2,1H3,(H2-,30,31,32,33,34,35)/p+1/b4-3+. The minimum absolute atomic E-state index is 0.173. The monoisotopic (exact) mass is 498 g/mol. The molecular formula is C28H52NO6+. The number of aliphatic carboxylic acids is 3. The molecule has 0 aromatic heterocycles. The molecule has 0 bridgehead atoms. The lowest BCUT2D eigenvalue weighted by molar-refractivity contribution is -0.929. The SMILES string of the molecule is CC/C=C/CCCCCCCCC[N+](CCCCC(=O)O)(CCCCC(=O)O)CCCCC(=O)O. The molecule has 204 valence electrons. The van der Waals surface area contributed by atoms with E-state index in [1.807, 2.05) is 0 Å². The van der Waals surface area contributed by atoms with Gasteiger partial charge in [-0.3, -0.25) is 14.4 Å². The van der Waals surface area contributed by atoms with Gasteiger partial charge in [0, 0.05) is 19.3 Å². The second-order valence-electron chi connectivity index (χ2n) is 9.93. The van der Waals surface area contributed by atoms with Crippen LogP contribution in [0.1, 0.15) is 122 Å². The number of nitrogens with zero attached hydrogens (tertiary/aromatic N) is 1. The van der Waals surface area contributed by atoms with E-state index in [1.165, 1.54) is 44.9 Å². The largest absolute Gasteiger partial charge is 0.481 e. The Morgan fingerprint density at radius 1 is 0.514 bits per heavy atom. The van der Waals surface area contributed by atoms with E-state index in [0.717, 1.165) is 62.8 Å². The van der Waals surface area contributed by atoms with Crippen molar-refractivity contribution >= 4 is 17.9 Å². The molecular weight excluding hydrogens is 446 g/mol. The summed E-state index contributed by atoms with van der Waals surface area (Å²) in [5.41, 5.74) is 0. The lowest BCUT2D eigenvalue weighted by Crippen LogP contribution is -2.51. The molecule has 7 nitrogen and oxygen atoms in total. The molecule has 35 heavy (non-hydrogen) atoms. The maximum atomic E-state index is 10.9. The minimum Gasteiger partial charge on any atom is -0.481 e. The van der Waals surface area contributed by atoms with Gasteiger partial charge in [0.05, 0.1) is 26.2 Å². The normalized spacial score (nSPS) is 11.8. The summed E-state index contributed by atoms with van der Waals surface area (Å²) in [4.78, 5) is 32.8. The van der Waals surface area contributed by atoms with Crippen LogP contribution in [0.25, 0.3) is 0 Å². The molecule has 0 unspecified atom stereocenters. The number of allylic oxidation sites excluding steroid dienone is 2. The van der Waals surface area contributed by atoms with Crippen molar-refractivity contribution in [3.8, 4) is 0 Å². The van der Waals surface area contributed by atoms with Crippen molar-refractivity contribution in [3.63, 3.8) is 0 Å². The predicted molar refractivity (Wildman–Crippen MR) is 141 cm³/mol. The molecule has 0 spiro atoms. The summed E-state index contributed by atoms with van der Waals surface area (Å²) in [6.45, 7) is 5.83. The van der Waals surface area contributed by atoms with Gasteiger partial charge in [0.25, 0.3) is 0 Å². The fourth-order valence-corrected chi connectivity index (χ4v) is 4.72. The molecule has 0 aliphatic carbocycles. The Labute approximate surface area is 213 Å². The van der Waals surface area contributed by atoms with E-state index < -0.39 is 17.9 Å². The number of quaternary nitrogens is 1. The molecule has 0 rings (SSSR count). The summed E-state index contributed by atoms with van der Waals surface area (Å²) in [6.07, 6.45) is 20.3. The summed E-state index contributed by atoms with van der Waals surface area (Å²) in [6, 6.07) is 0. The van der Waals surface area contributed by atoms with Crippen LogP contribution in [0.3, 0.4) is 0 Å². The third-order valence-corrected chi connectivity index (χ3v) is 6.72.